The van der Waals surface area contributed by atoms with E-state index < -0.39 is 27.7 Å². The molecule has 0 N–H and O–H groups in total. The topological polar surface area (TPSA) is 27.7 Å². The average Bonchev–Trinajstić information content (AvgIpc) is 3.73. The summed E-state index contributed by atoms with van der Waals surface area (Å²) in [4.78, 5) is 0. The van der Waals surface area contributed by atoms with Gasteiger partial charge in [-0.1, -0.05) is 45.4 Å². The summed E-state index contributed by atoms with van der Waals surface area (Å²) in [5.41, 5.74) is 2.59. The molecular weight excluding hydrogens is 811 g/mol. The third-order valence-electron chi connectivity index (χ3n) is 17.9. The first-order chi connectivity index (χ1) is 26.1. The number of hydrogen-bond acceptors (Lipinski definition) is 3. The Kier molecular flexibility index (Phi) is 10.3. The van der Waals surface area contributed by atoms with Gasteiger partial charge in [0.1, 0.15) is 0 Å². The van der Waals surface area contributed by atoms with Gasteiger partial charge in [-0.15, -0.1) is 17.2 Å². The predicted molar refractivity (Wildman–Crippen MR) is 245 cm³/mol. The second kappa shape index (κ2) is 13.7. The van der Waals surface area contributed by atoms with Gasteiger partial charge in [0.05, 0.1) is 19.3 Å². The Morgan fingerprint density at radius 1 is 0.684 bits per heavy atom. The molecule has 8 aliphatic carbocycles. The number of hydrogen-bond donors (Lipinski definition) is 0. The maximum absolute atomic E-state index is 7.43. The Bertz CT molecular complexity index is 1660. The molecule has 0 radical (unpaired) electrons. The molecule has 5 atom stereocenters. The van der Waals surface area contributed by atoms with Crippen LogP contribution in [0.5, 0.6) is 0 Å². The van der Waals surface area contributed by atoms with Crippen molar-refractivity contribution in [3.05, 3.63) is 47.5 Å². The van der Waals surface area contributed by atoms with Gasteiger partial charge in [0.2, 0.25) is 0 Å². The Hall–Kier alpha value is 0.393. The van der Waals surface area contributed by atoms with E-state index in [4.69, 9.17) is 14.2 Å². The van der Waals surface area contributed by atoms with Crippen molar-refractivity contribution in [1.29, 1.82) is 0 Å². The number of ether oxygens (including phenoxy) is 3. The standard InChI is InChI=1S/C44H71O3P2Si2.C5H5.Fe/c1-38-25-40(3)46-39(2,26-41(4,45-38)47-40)44(38,27-48)36-34(17-35(50(5,6)7)37(36)51(8,9)10)24-49(42-18-28-11-29(19-42)13-30(12-28)20-42)43-21-31-14-32(22-43)16-33(15-31)23-43;1-2-4-5-3-1;/h17,28-33H,11-16,18-27,48H2,1-10H3;1-5H;/q2*-1;+2. The van der Waals surface area contributed by atoms with Gasteiger partial charge in [0, 0.05) is 26.3 Å². The van der Waals surface area contributed by atoms with Gasteiger partial charge in [-0.3, -0.25) is 0 Å². The van der Waals surface area contributed by atoms with Crippen LogP contribution in [0.4, 0.5) is 0 Å². The summed E-state index contributed by atoms with van der Waals surface area (Å²) in [6.07, 6.45) is 22.8. The van der Waals surface area contributed by atoms with E-state index in [2.05, 4.69) is 82.3 Å². The zero-order chi connectivity index (χ0) is 39.5. The van der Waals surface area contributed by atoms with Crippen LogP contribution in [-0.4, -0.2) is 55.4 Å². The van der Waals surface area contributed by atoms with Crippen LogP contribution >= 0.6 is 17.2 Å². The van der Waals surface area contributed by atoms with Gasteiger partial charge in [-0.2, -0.15) is 39.7 Å². The van der Waals surface area contributed by atoms with Crippen LogP contribution in [0.2, 0.25) is 39.3 Å². The molecule has 8 heteroatoms. The third-order valence-corrected chi connectivity index (χ3v) is 26.9. The van der Waals surface area contributed by atoms with E-state index >= 15 is 0 Å². The minimum Gasteiger partial charge on any atom is -0.343 e. The Labute approximate surface area is 363 Å². The molecule has 4 aliphatic heterocycles. The first-order valence-corrected chi connectivity index (χ1v) is 32.6. The van der Waals surface area contributed by atoms with Crippen LogP contribution in [0, 0.1) is 35.5 Å². The average molecular weight is 887 g/mol. The summed E-state index contributed by atoms with van der Waals surface area (Å²) < 4.78 is 21.6. The van der Waals surface area contributed by atoms with Crippen LogP contribution in [0.1, 0.15) is 129 Å². The molecule has 12 fully saturated rings. The molecule has 2 aromatic carbocycles. The van der Waals surface area contributed by atoms with Crippen LogP contribution < -0.4 is 10.4 Å². The fraction of sp³-hybridized carbons (Fsp3) is 0.796. The van der Waals surface area contributed by atoms with Crippen molar-refractivity contribution in [2.24, 2.45) is 35.5 Å². The normalized spacial score (nSPS) is 47.8. The molecule has 14 rings (SSSR count). The molecule has 0 amide bonds. The SMILES string of the molecule is CC12CC3(C)OC(C)(CC(C)(O1)C3(CP)c1c(CP(C34CC5CC(CC(C5)C3)C4)C34CC5CC(CC(C5)C3)C4)cc([Si](C)(C)C)[c-]1[Si](C)(C)C)O2.[Fe+2].c1cc[cH-]c1. The second-order valence-electron chi connectivity index (χ2n) is 24.7. The van der Waals surface area contributed by atoms with Gasteiger partial charge in [0.15, 0.2) is 11.6 Å². The summed E-state index contributed by atoms with van der Waals surface area (Å²) in [5, 5.41) is 4.86. The first-order valence-electron chi connectivity index (χ1n) is 23.2. The maximum Gasteiger partial charge on any atom is 2.00 e. The molecular formula is C49H76FeO3P2Si2. The smallest absolute Gasteiger partial charge is 0.343 e. The Morgan fingerprint density at radius 2 is 1.09 bits per heavy atom. The van der Waals surface area contributed by atoms with E-state index in [1.807, 2.05) is 35.5 Å². The molecule has 0 spiro atoms. The fourth-order valence-electron chi connectivity index (χ4n) is 17.7. The van der Waals surface area contributed by atoms with Crippen molar-refractivity contribution in [3.63, 3.8) is 0 Å². The molecule has 12 bridgehead atoms. The fourth-order valence-corrected chi connectivity index (χ4v) is 29.7. The quantitative estimate of drug-likeness (QED) is 0.150. The maximum atomic E-state index is 7.43. The first kappa shape index (κ1) is 42.7. The van der Waals surface area contributed by atoms with E-state index in [0.717, 1.165) is 54.5 Å². The molecule has 5 unspecified atom stereocenters. The van der Waals surface area contributed by atoms with E-state index in [0.29, 0.717) is 10.3 Å². The van der Waals surface area contributed by atoms with Crippen molar-refractivity contribution in [1.82, 2.24) is 0 Å². The van der Waals surface area contributed by atoms with Crippen molar-refractivity contribution < 1.29 is 31.3 Å². The zero-order valence-electron chi connectivity index (χ0n) is 37.3. The van der Waals surface area contributed by atoms with E-state index in [-0.39, 0.29) is 41.6 Å². The van der Waals surface area contributed by atoms with Gasteiger partial charge in [0.25, 0.3) is 0 Å². The number of rotatable bonds is 8. The molecule has 3 nitrogen and oxygen atoms in total. The third kappa shape index (κ3) is 6.49. The van der Waals surface area contributed by atoms with Crippen molar-refractivity contribution in [2.45, 2.75) is 202 Å². The summed E-state index contributed by atoms with van der Waals surface area (Å²) in [5.74, 6) is 4.93. The van der Waals surface area contributed by atoms with Crippen molar-refractivity contribution in [2.75, 3.05) is 6.16 Å². The molecule has 4 heterocycles. The molecule has 2 aromatic rings. The Balaban J connectivity index is 0.000000656. The molecule has 316 valence electrons. The van der Waals surface area contributed by atoms with Gasteiger partial charge < -0.3 is 14.2 Å². The minimum absolute atomic E-state index is 0. The molecule has 57 heavy (non-hydrogen) atoms. The Morgan fingerprint density at radius 3 is 1.40 bits per heavy atom. The van der Waals surface area contributed by atoms with Crippen LogP contribution in [0.25, 0.3) is 0 Å². The van der Waals surface area contributed by atoms with Crippen molar-refractivity contribution >= 4 is 43.7 Å². The summed E-state index contributed by atoms with van der Waals surface area (Å²) >= 11 is 0. The molecule has 0 aromatic heterocycles. The summed E-state index contributed by atoms with van der Waals surface area (Å²) in [7, 11) is -0.346. The van der Waals surface area contributed by atoms with Gasteiger partial charge >= 0.3 is 17.1 Å². The summed E-state index contributed by atoms with van der Waals surface area (Å²) in [6, 6.07) is 12.9. The zero-order valence-corrected chi connectivity index (χ0v) is 42.5. The molecule has 8 saturated carbocycles. The van der Waals surface area contributed by atoms with Crippen LogP contribution in [0.15, 0.2) is 36.4 Å². The van der Waals surface area contributed by atoms with Gasteiger partial charge in [-0.25, -0.2) is 18.2 Å². The largest absolute Gasteiger partial charge is 2.00 e. The van der Waals surface area contributed by atoms with Crippen molar-refractivity contribution in [3.8, 4) is 0 Å². The van der Waals surface area contributed by atoms with Gasteiger partial charge in [-0.05, 0) is 157 Å². The monoisotopic (exact) mass is 886 g/mol. The van der Waals surface area contributed by atoms with E-state index in [1.54, 1.807) is 93.4 Å². The minimum atomic E-state index is -1.82. The summed E-state index contributed by atoms with van der Waals surface area (Å²) in [6.45, 7) is 25.4. The van der Waals surface area contributed by atoms with Crippen LogP contribution in [-0.2, 0) is 42.9 Å². The van der Waals surface area contributed by atoms with E-state index in [9.17, 15) is 0 Å². The molecule has 4 saturated heterocycles. The second-order valence-corrected chi connectivity index (χ2v) is 38.2. The van der Waals surface area contributed by atoms with E-state index in [1.165, 1.54) is 6.16 Å². The predicted octanol–water partition coefficient (Wildman–Crippen LogP) is 11.8. The van der Waals surface area contributed by atoms with Crippen LogP contribution in [0.3, 0.4) is 0 Å². The molecule has 12 aliphatic rings.